The Balaban J connectivity index is 0.000000266. The van der Waals surface area contributed by atoms with Crippen LogP contribution in [-0.4, -0.2) is 45.1 Å². The summed E-state index contributed by atoms with van der Waals surface area (Å²) >= 11 is 8.67. The average Bonchev–Trinajstić information content (AvgIpc) is 3.27. The lowest BCUT2D eigenvalue weighted by Gasteiger charge is -2.27. The molecule has 14 heteroatoms. The SMILES string of the molecule is CC(C)OC(=O)c1cc(-c2nn(C)c(C(F)(F)F)c2Br)c(F)cc1Cl.CCO/N=C(\CC)C1=C(O)CC(c2c(C)cc(C)cc2C)CC1=O. The fourth-order valence-electron chi connectivity index (χ4n) is 5.83. The molecule has 49 heavy (non-hydrogen) atoms. The molecule has 0 radical (unpaired) electrons. The van der Waals surface area contributed by atoms with Gasteiger partial charge in [-0.15, -0.1) is 0 Å². The Morgan fingerprint density at radius 3 is 2.24 bits per heavy atom. The zero-order valence-electron chi connectivity index (χ0n) is 28.5. The summed E-state index contributed by atoms with van der Waals surface area (Å²) in [5.74, 6) is -1.63. The number of oxime groups is 1. The second-order valence-corrected chi connectivity index (χ2v) is 13.1. The Bertz CT molecular complexity index is 1780. The lowest BCUT2D eigenvalue weighted by Crippen LogP contribution is -2.24. The molecule has 0 amide bonds. The quantitative estimate of drug-likeness (QED) is 0.106. The molecule has 1 N–H and O–H groups in total. The molecule has 0 saturated carbocycles. The summed E-state index contributed by atoms with van der Waals surface area (Å²) in [5, 5.41) is 18.0. The summed E-state index contributed by atoms with van der Waals surface area (Å²) < 4.78 is 58.6. The molecule has 0 bridgehead atoms. The van der Waals surface area contributed by atoms with Gasteiger partial charge in [0.05, 0.1) is 32.4 Å². The van der Waals surface area contributed by atoms with E-state index in [4.69, 9.17) is 21.2 Å². The molecular weight excluding hydrogens is 734 g/mol. The predicted molar refractivity (Wildman–Crippen MR) is 184 cm³/mol. The van der Waals surface area contributed by atoms with E-state index in [1.54, 1.807) is 13.8 Å². The topological polar surface area (TPSA) is 103 Å². The van der Waals surface area contributed by atoms with Gasteiger partial charge in [0.25, 0.3) is 0 Å². The lowest BCUT2D eigenvalue weighted by molar-refractivity contribution is -0.144. The van der Waals surface area contributed by atoms with Crippen LogP contribution in [-0.2, 0) is 27.6 Å². The van der Waals surface area contributed by atoms with Gasteiger partial charge in [0, 0.05) is 25.5 Å². The van der Waals surface area contributed by atoms with Gasteiger partial charge in [-0.2, -0.15) is 18.3 Å². The maximum Gasteiger partial charge on any atom is 0.434 e. The molecule has 1 aromatic heterocycles. The number of Topliss-reactive ketones (excluding diaryl/α,β-unsaturated/α-hetero) is 1. The van der Waals surface area contributed by atoms with Crippen molar-refractivity contribution in [3.63, 3.8) is 0 Å². The molecule has 0 spiro atoms. The van der Waals surface area contributed by atoms with Crippen LogP contribution in [0.3, 0.4) is 0 Å². The number of carbonyl (C=O) groups excluding carboxylic acids is 2. The number of hydrogen-bond donors (Lipinski definition) is 1. The third-order valence-electron chi connectivity index (χ3n) is 7.64. The molecule has 0 aliphatic heterocycles. The number of benzene rings is 2. The average molecular weight is 773 g/mol. The van der Waals surface area contributed by atoms with Crippen LogP contribution in [0.15, 0.2) is 45.2 Å². The van der Waals surface area contributed by atoms with E-state index >= 15 is 0 Å². The number of ether oxygens (including phenoxy) is 1. The number of esters is 1. The normalized spacial score (nSPS) is 15.4. The van der Waals surface area contributed by atoms with Gasteiger partial charge in [0.2, 0.25) is 0 Å². The molecule has 0 fully saturated rings. The minimum absolute atomic E-state index is 0.0204. The van der Waals surface area contributed by atoms with Gasteiger partial charge >= 0.3 is 12.1 Å². The summed E-state index contributed by atoms with van der Waals surface area (Å²) in [6, 6.07) is 6.13. The lowest BCUT2D eigenvalue weighted by atomic mass is 9.78. The zero-order valence-corrected chi connectivity index (χ0v) is 30.8. The van der Waals surface area contributed by atoms with Crippen LogP contribution in [0.1, 0.15) is 91.2 Å². The van der Waals surface area contributed by atoms with Gasteiger partial charge in [-0.25, -0.2) is 9.18 Å². The number of carbonyl (C=O) groups is 2. The first-order chi connectivity index (χ1) is 22.8. The van der Waals surface area contributed by atoms with Gasteiger partial charge in [-0.1, -0.05) is 41.4 Å². The van der Waals surface area contributed by atoms with Crippen molar-refractivity contribution in [3.8, 4) is 11.3 Å². The monoisotopic (exact) mass is 771 g/mol. The van der Waals surface area contributed by atoms with Crippen molar-refractivity contribution in [3.05, 3.63) is 84.4 Å². The number of rotatable bonds is 8. The number of alkyl halides is 3. The molecule has 3 aromatic rings. The fourth-order valence-corrected chi connectivity index (χ4v) is 6.83. The van der Waals surface area contributed by atoms with E-state index in [0.717, 1.165) is 19.2 Å². The van der Waals surface area contributed by atoms with Gasteiger partial charge in [-0.3, -0.25) is 9.48 Å². The molecule has 1 aliphatic carbocycles. The standard InChI is InChI=1S/C20H27NO3.C15H12BrClF4N2O2/c1-6-16(21-24-7-2)20-17(22)10-15(11-18(20)23)19-13(4)8-12(3)9-14(19)5;1-6(2)25-14(24)7-4-8(10(18)5-9(7)17)12-11(16)13(15(19,20)21)23(3)22-12/h8-9,15,22H,6-7,10-11H2,1-5H3;4-6H,1-3H3/b21-16+;. The van der Waals surface area contributed by atoms with Crippen LogP contribution in [0.25, 0.3) is 11.3 Å². The Labute approximate surface area is 296 Å². The first-order valence-electron chi connectivity index (χ1n) is 15.5. The number of aromatic nitrogens is 2. The van der Waals surface area contributed by atoms with Crippen molar-refractivity contribution in [1.29, 1.82) is 0 Å². The van der Waals surface area contributed by atoms with Crippen molar-refractivity contribution in [2.75, 3.05) is 6.61 Å². The molecule has 1 unspecified atom stereocenters. The van der Waals surface area contributed by atoms with E-state index < -0.39 is 34.2 Å². The highest BCUT2D eigenvalue weighted by molar-refractivity contribution is 9.10. The molecule has 266 valence electrons. The molecule has 8 nitrogen and oxygen atoms in total. The van der Waals surface area contributed by atoms with E-state index in [9.17, 15) is 32.3 Å². The van der Waals surface area contributed by atoms with Crippen LogP contribution >= 0.6 is 27.5 Å². The zero-order chi connectivity index (χ0) is 37.0. The predicted octanol–water partition coefficient (Wildman–Crippen LogP) is 9.90. The van der Waals surface area contributed by atoms with Gasteiger partial charge in [0.15, 0.2) is 11.5 Å². The Kier molecular flexibility index (Phi) is 13.2. The van der Waals surface area contributed by atoms with Gasteiger partial charge < -0.3 is 14.7 Å². The molecule has 2 aromatic carbocycles. The van der Waals surface area contributed by atoms with Crippen molar-refractivity contribution < 1.29 is 41.8 Å². The van der Waals surface area contributed by atoms with Crippen molar-refractivity contribution >= 4 is 45.0 Å². The second-order valence-electron chi connectivity index (χ2n) is 11.9. The minimum atomic E-state index is -4.69. The number of aliphatic hydroxyl groups excluding tert-OH is 1. The van der Waals surface area contributed by atoms with Crippen LogP contribution in [0.5, 0.6) is 0 Å². The first kappa shape index (κ1) is 39.7. The number of ketones is 1. The highest BCUT2D eigenvalue weighted by Gasteiger charge is 2.39. The van der Waals surface area contributed by atoms with Crippen molar-refractivity contribution in [1.82, 2.24) is 9.78 Å². The summed E-state index contributed by atoms with van der Waals surface area (Å²) in [7, 11) is 1.08. The Morgan fingerprint density at radius 1 is 1.14 bits per heavy atom. The van der Waals surface area contributed by atoms with E-state index in [-0.39, 0.29) is 39.3 Å². The van der Waals surface area contributed by atoms with Crippen LogP contribution < -0.4 is 0 Å². The first-order valence-corrected chi connectivity index (χ1v) is 16.7. The molecule has 1 aliphatic rings. The highest BCUT2D eigenvalue weighted by atomic mass is 79.9. The molecule has 1 heterocycles. The largest absolute Gasteiger partial charge is 0.511 e. The maximum atomic E-state index is 14.3. The van der Waals surface area contributed by atoms with Crippen LogP contribution in [0, 0.1) is 26.6 Å². The van der Waals surface area contributed by atoms with E-state index in [1.165, 1.54) is 22.3 Å². The third kappa shape index (κ3) is 9.30. The van der Waals surface area contributed by atoms with E-state index in [2.05, 4.69) is 59.1 Å². The van der Waals surface area contributed by atoms with E-state index in [0.29, 0.717) is 41.8 Å². The number of nitrogens with zero attached hydrogens (tertiary/aromatic N) is 3. The Hall–Kier alpha value is -3.71. The van der Waals surface area contributed by atoms with Crippen LogP contribution in [0.4, 0.5) is 17.6 Å². The summed E-state index contributed by atoms with van der Waals surface area (Å²) in [5.41, 5.74) is 3.79. The number of halogens is 6. The molecule has 1 atom stereocenters. The van der Waals surface area contributed by atoms with Gasteiger partial charge in [0.1, 0.15) is 23.9 Å². The van der Waals surface area contributed by atoms with Crippen molar-refractivity contribution in [2.45, 2.75) is 85.9 Å². The van der Waals surface area contributed by atoms with E-state index in [1.807, 2.05) is 13.8 Å². The maximum absolute atomic E-state index is 14.3. The second kappa shape index (κ2) is 16.3. The fraction of sp³-hybridized carbons (Fsp3) is 0.429. The molecular formula is C35H39BrClF4N3O5. The number of hydrogen-bond acceptors (Lipinski definition) is 7. The number of aryl methyl sites for hydroxylation is 4. The number of aliphatic hydroxyl groups is 1. The van der Waals surface area contributed by atoms with Gasteiger partial charge in [-0.05, 0) is 98.6 Å². The van der Waals surface area contributed by atoms with Crippen molar-refractivity contribution in [2.24, 2.45) is 12.2 Å². The summed E-state index contributed by atoms with van der Waals surface area (Å²) in [6.07, 6.45) is -3.72. The molecule has 0 saturated heterocycles. The third-order valence-corrected chi connectivity index (χ3v) is 8.71. The summed E-state index contributed by atoms with van der Waals surface area (Å²) in [4.78, 5) is 29.8. The number of allylic oxidation sites excluding steroid dienone is 2. The van der Waals surface area contributed by atoms with Crippen LogP contribution in [0.2, 0.25) is 5.02 Å². The highest BCUT2D eigenvalue weighted by Crippen LogP contribution is 2.41. The molecule has 4 rings (SSSR count). The Morgan fingerprint density at radius 2 is 1.76 bits per heavy atom. The summed E-state index contributed by atoms with van der Waals surface area (Å²) in [6.45, 7) is 13.6. The smallest absolute Gasteiger partial charge is 0.434 e. The minimum Gasteiger partial charge on any atom is -0.511 e.